The lowest BCUT2D eigenvalue weighted by Crippen LogP contribution is -2.40. The van der Waals surface area contributed by atoms with Crippen LogP contribution >= 0.6 is 0 Å². The van der Waals surface area contributed by atoms with Crippen molar-refractivity contribution in [2.24, 2.45) is 5.92 Å². The van der Waals surface area contributed by atoms with E-state index in [1.165, 1.54) is 26.4 Å². The quantitative estimate of drug-likeness (QED) is 0.542. The van der Waals surface area contributed by atoms with Crippen LogP contribution in [0.3, 0.4) is 0 Å². The molecule has 2 aromatic heterocycles. The number of nitriles is 1. The van der Waals surface area contributed by atoms with Crippen molar-refractivity contribution in [2.45, 2.75) is 24.3 Å². The van der Waals surface area contributed by atoms with Crippen LogP contribution < -0.4 is 10.2 Å². The van der Waals surface area contributed by atoms with E-state index in [1.807, 2.05) is 4.90 Å². The molecule has 1 aliphatic heterocycles. The number of aromatic nitrogens is 1. The number of piperidine rings is 1. The number of benzene rings is 1. The second kappa shape index (κ2) is 9.70. The number of carbonyl (C=O) groups excluding carboxylic acids is 1. The lowest BCUT2D eigenvalue weighted by Gasteiger charge is -2.31. The highest BCUT2D eigenvalue weighted by Gasteiger charge is 2.29. The molecule has 0 bridgehead atoms. The molecular weight excluding hydrogens is 458 g/mol. The Morgan fingerprint density at radius 3 is 2.62 bits per heavy atom. The number of carbonyl (C=O) groups is 1. The van der Waals surface area contributed by atoms with Gasteiger partial charge in [0.1, 0.15) is 6.07 Å². The zero-order valence-electron chi connectivity index (χ0n) is 18.9. The Morgan fingerprint density at radius 1 is 1.24 bits per heavy atom. The van der Waals surface area contributed by atoms with Gasteiger partial charge in [0.15, 0.2) is 5.76 Å². The molecule has 3 heterocycles. The Kier molecular flexibility index (Phi) is 6.72. The van der Waals surface area contributed by atoms with Crippen LogP contribution in [0.2, 0.25) is 0 Å². The summed E-state index contributed by atoms with van der Waals surface area (Å²) in [6.07, 6.45) is 2.62. The normalized spacial score (nSPS) is 14.8. The molecule has 1 aliphatic rings. The monoisotopic (exact) mass is 483 g/mol. The Labute approximate surface area is 197 Å². The molecule has 10 nitrogen and oxygen atoms in total. The van der Waals surface area contributed by atoms with Crippen molar-refractivity contribution >= 4 is 21.8 Å². The number of hydrogen-bond acceptors (Lipinski definition) is 8. The van der Waals surface area contributed by atoms with Crippen LogP contribution in [0.5, 0.6) is 0 Å². The fourth-order valence-corrected chi connectivity index (χ4v) is 4.99. The topological polar surface area (TPSA) is 133 Å². The van der Waals surface area contributed by atoms with Gasteiger partial charge in [-0.1, -0.05) is 18.2 Å². The number of hydrogen-bond donors (Lipinski definition) is 1. The first-order valence-corrected chi connectivity index (χ1v) is 12.2. The molecule has 1 saturated heterocycles. The minimum Gasteiger partial charge on any atom is -0.459 e. The highest BCUT2D eigenvalue weighted by atomic mass is 32.2. The van der Waals surface area contributed by atoms with E-state index in [9.17, 15) is 18.5 Å². The van der Waals surface area contributed by atoms with Crippen molar-refractivity contribution in [1.82, 2.24) is 14.6 Å². The molecule has 34 heavy (non-hydrogen) atoms. The summed E-state index contributed by atoms with van der Waals surface area (Å²) in [5, 5.41) is 12.3. The molecule has 178 valence electrons. The lowest BCUT2D eigenvalue weighted by atomic mass is 9.96. The first kappa shape index (κ1) is 23.5. The standard InChI is InChI=1S/C23H25N5O5S/c1-27(2)34(30,31)20-8-4-3-6-17(20)15-25-21(29)16-9-11-28(12-10-16)23-18(14-24)26-22(33-23)19-7-5-13-32-19/h3-8,13,16H,9-12,15H2,1-2H3,(H,25,29). The maximum absolute atomic E-state index is 12.8. The number of amides is 1. The molecule has 1 aromatic carbocycles. The van der Waals surface area contributed by atoms with Crippen molar-refractivity contribution in [3.8, 4) is 17.7 Å². The van der Waals surface area contributed by atoms with Gasteiger partial charge in [-0.25, -0.2) is 12.7 Å². The zero-order valence-corrected chi connectivity index (χ0v) is 19.7. The molecule has 11 heteroatoms. The minimum absolute atomic E-state index is 0.121. The van der Waals surface area contributed by atoms with Crippen molar-refractivity contribution in [1.29, 1.82) is 5.26 Å². The minimum atomic E-state index is -3.61. The van der Waals surface area contributed by atoms with E-state index in [0.717, 1.165) is 4.31 Å². The van der Waals surface area contributed by atoms with Crippen LogP contribution in [0.15, 0.2) is 56.4 Å². The average molecular weight is 484 g/mol. The van der Waals surface area contributed by atoms with Crippen molar-refractivity contribution in [3.05, 3.63) is 53.9 Å². The summed E-state index contributed by atoms with van der Waals surface area (Å²) in [7, 11) is -0.664. The number of rotatable bonds is 7. The average Bonchev–Trinajstić information content (AvgIpc) is 3.52. The second-order valence-electron chi connectivity index (χ2n) is 8.14. The van der Waals surface area contributed by atoms with Crippen LogP contribution in [-0.2, 0) is 21.4 Å². The van der Waals surface area contributed by atoms with E-state index in [1.54, 1.807) is 30.3 Å². The zero-order chi connectivity index (χ0) is 24.3. The summed E-state index contributed by atoms with van der Waals surface area (Å²) >= 11 is 0. The molecule has 1 amide bonds. The number of sulfonamides is 1. The summed E-state index contributed by atoms with van der Waals surface area (Å²) in [6.45, 7) is 1.16. The third kappa shape index (κ3) is 4.69. The number of nitrogens with zero attached hydrogens (tertiary/aromatic N) is 4. The summed E-state index contributed by atoms with van der Waals surface area (Å²) in [4.78, 5) is 19.1. The molecule has 0 radical (unpaired) electrons. The smallest absolute Gasteiger partial charge is 0.266 e. The van der Waals surface area contributed by atoms with Gasteiger partial charge in [-0.15, -0.1) is 0 Å². The fraction of sp³-hybridized carbons (Fsp3) is 0.348. The molecule has 1 fully saturated rings. The van der Waals surface area contributed by atoms with Crippen LogP contribution in [0.25, 0.3) is 11.7 Å². The largest absolute Gasteiger partial charge is 0.459 e. The highest BCUT2D eigenvalue weighted by molar-refractivity contribution is 7.89. The summed E-state index contributed by atoms with van der Waals surface area (Å²) < 4.78 is 37.4. The molecule has 0 saturated carbocycles. The van der Waals surface area contributed by atoms with E-state index in [-0.39, 0.29) is 34.8 Å². The van der Waals surface area contributed by atoms with E-state index in [2.05, 4.69) is 16.4 Å². The van der Waals surface area contributed by atoms with E-state index in [0.29, 0.717) is 43.1 Å². The number of oxazole rings is 1. The Morgan fingerprint density at radius 2 is 1.97 bits per heavy atom. The molecule has 4 rings (SSSR count). The van der Waals surface area contributed by atoms with E-state index < -0.39 is 10.0 Å². The maximum Gasteiger partial charge on any atom is 0.266 e. The highest BCUT2D eigenvalue weighted by Crippen LogP contribution is 2.31. The first-order chi connectivity index (χ1) is 16.3. The van der Waals surface area contributed by atoms with Gasteiger partial charge in [-0.2, -0.15) is 10.2 Å². The summed E-state index contributed by atoms with van der Waals surface area (Å²) in [6, 6.07) is 12.1. The van der Waals surface area contributed by atoms with Crippen LogP contribution in [0.1, 0.15) is 24.1 Å². The molecule has 0 atom stereocenters. The molecule has 0 unspecified atom stereocenters. The predicted octanol–water partition coefficient (Wildman–Crippen LogP) is 2.59. The summed E-state index contributed by atoms with van der Waals surface area (Å²) in [5.41, 5.74) is 0.709. The van der Waals surface area contributed by atoms with Crippen LogP contribution in [-0.4, -0.2) is 50.8 Å². The van der Waals surface area contributed by atoms with Gasteiger partial charge in [-0.05, 0) is 36.6 Å². The molecule has 1 N–H and O–H groups in total. The van der Waals surface area contributed by atoms with Gasteiger partial charge in [-0.3, -0.25) is 4.79 Å². The number of anilines is 1. The van der Waals surface area contributed by atoms with Gasteiger partial charge >= 0.3 is 0 Å². The second-order valence-corrected chi connectivity index (χ2v) is 10.3. The lowest BCUT2D eigenvalue weighted by molar-refractivity contribution is -0.125. The van der Waals surface area contributed by atoms with Crippen molar-refractivity contribution in [2.75, 3.05) is 32.1 Å². The molecule has 3 aromatic rings. The molecule has 0 spiro atoms. The maximum atomic E-state index is 12.8. The first-order valence-electron chi connectivity index (χ1n) is 10.8. The fourth-order valence-electron chi connectivity index (χ4n) is 3.87. The predicted molar refractivity (Wildman–Crippen MR) is 123 cm³/mol. The third-order valence-electron chi connectivity index (χ3n) is 5.78. The van der Waals surface area contributed by atoms with Gasteiger partial charge < -0.3 is 19.1 Å². The van der Waals surface area contributed by atoms with E-state index in [4.69, 9.17) is 8.83 Å². The Bertz CT molecular complexity index is 1300. The van der Waals surface area contributed by atoms with Gasteiger partial charge in [0.2, 0.25) is 27.5 Å². The summed E-state index contributed by atoms with van der Waals surface area (Å²) in [5.74, 6) is 0.685. The molecule has 0 aliphatic carbocycles. The number of furan rings is 1. The van der Waals surface area contributed by atoms with E-state index >= 15 is 0 Å². The Hall–Kier alpha value is -3.62. The van der Waals surface area contributed by atoms with Gasteiger partial charge in [0, 0.05) is 39.6 Å². The van der Waals surface area contributed by atoms with Crippen molar-refractivity contribution < 1.29 is 22.0 Å². The van der Waals surface area contributed by atoms with Gasteiger partial charge in [0.05, 0.1) is 11.2 Å². The molecular formula is C23H25N5O5S. The SMILES string of the molecule is CN(C)S(=O)(=O)c1ccccc1CNC(=O)C1CCN(c2oc(-c3ccco3)nc2C#N)CC1. The van der Waals surface area contributed by atoms with Gasteiger partial charge in [0.25, 0.3) is 5.89 Å². The van der Waals surface area contributed by atoms with Crippen molar-refractivity contribution in [3.63, 3.8) is 0 Å². The number of nitrogens with one attached hydrogen (secondary N) is 1. The van der Waals surface area contributed by atoms with Crippen LogP contribution in [0, 0.1) is 17.2 Å². The Balaban J connectivity index is 1.38. The van der Waals surface area contributed by atoms with Crippen LogP contribution in [0.4, 0.5) is 5.88 Å². The third-order valence-corrected chi connectivity index (χ3v) is 7.70.